The summed E-state index contributed by atoms with van der Waals surface area (Å²) in [7, 11) is 0. The van der Waals surface area contributed by atoms with E-state index in [1.807, 2.05) is 11.3 Å². The monoisotopic (exact) mass is 288 g/mol. The van der Waals surface area contributed by atoms with Gasteiger partial charge in [-0.2, -0.15) is 0 Å². The number of aryl methyl sites for hydroxylation is 3. The number of benzene rings is 1. The zero-order valence-corrected chi connectivity index (χ0v) is 13.3. The molecule has 1 aromatic heterocycles. The summed E-state index contributed by atoms with van der Waals surface area (Å²) in [5.41, 5.74) is 2.70. The molecule has 0 fully saturated rings. The quantitative estimate of drug-likeness (QED) is 0.794. The van der Waals surface area contributed by atoms with Gasteiger partial charge in [-0.05, 0) is 24.9 Å². The third kappa shape index (κ3) is 4.43. The molecule has 0 saturated heterocycles. The van der Waals surface area contributed by atoms with E-state index in [0.717, 1.165) is 32.4 Å². The van der Waals surface area contributed by atoms with Crippen molar-refractivity contribution < 1.29 is 0 Å². The first-order chi connectivity index (χ1) is 9.83. The molecule has 1 aromatic carbocycles. The van der Waals surface area contributed by atoms with Crippen LogP contribution in [0.5, 0.6) is 0 Å². The van der Waals surface area contributed by atoms with E-state index in [9.17, 15) is 0 Å². The van der Waals surface area contributed by atoms with Crippen LogP contribution in [0.2, 0.25) is 0 Å². The average Bonchev–Trinajstić information content (AvgIpc) is 2.87. The van der Waals surface area contributed by atoms with E-state index in [0.29, 0.717) is 0 Å². The van der Waals surface area contributed by atoms with Gasteiger partial charge in [0.05, 0.1) is 10.7 Å². The van der Waals surface area contributed by atoms with Crippen molar-refractivity contribution in [2.45, 2.75) is 46.1 Å². The van der Waals surface area contributed by atoms with Gasteiger partial charge in [0, 0.05) is 17.8 Å². The number of hydrogen-bond donors (Lipinski definition) is 1. The summed E-state index contributed by atoms with van der Waals surface area (Å²) >= 11 is 1.89. The van der Waals surface area contributed by atoms with E-state index < -0.39 is 0 Å². The van der Waals surface area contributed by atoms with Crippen LogP contribution in [0.4, 0.5) is 0 Å². The van der Waals surface area contributed by atoms with Gasteiger partial charge in [-0.15, -0.1) is 11.3 Å². The molecule has 0 radical (unpaired) electrons. The second-order valence-electron chi connectivity index (χ2n) is 4.99. The zero-order valence-electron chi connectivity index (χ0n) is 12.5. The molecule has 20 heavy (non-hydrogen) atoms. The van der Waals surface area contributed by atoms with E-state index in [2.05, 4.69) is 49.5 Å². The topological polar surface area (TPSA) is 24.9 Å². The molecule has 2 rings (SSSR count). The number of rotatable bonds is 8. The third-order valence-electron chi connectivity index (χ3n) is 3.32. The number of hydrogen-bond acceptors (Lipinski definition) is 3. The second kappa shape index (κ2) is 8.18. The Labute approximate surface area is 126 Å². The van der Waals surface area contributed by atoms with Crippen molar-refractivity contribution in [3.8, 4) is 0 Å². The minimum atomic E-state index is 0.967. The summed E-state index contributed by atoms with van der Waals surface area (Å²) in [5.74, 6) is 0. The Kier molecular flexibility index (Phi) is 6.22. The van der Waals surface area contributed by atoms with Crippen molar-refractivity contribution >= 4 is 11.3 Å². The van der Waals surface area contributed by atoms with Crippen LogP contribution in [-0.4, -0.2) is 11.5 Å². The highest BCUT2D eigenvalue weighted by atomic mass is 32.1. The average molecular weight is 288 g/mol. The Balaban J connectivity index is 2.00. The predicted octanol–water partition coefficient (Wildman–Crippen LogP) is 3.99. The molecule has 1 N–H and O–H groups in total. The Bertz CT molecular complexity index is 505. The molecule has 0 aliphatic heterocycles. The van der Waals surface area contributed by atoms with Gasteiger partial charge >= 0.3 is 0 Å². The Hall–Kier alpha value is -1.19. The van der Waals surface area contributed by atoms with Crippen molar-refractivity contribution in [1.82, 2.24) is 10.3 Å². The van der Waals surface area contributed by atoms with Crippen molar-refractivity contribution in [1.29, 1.82) is 0 Å². The minimum Gasteiger partial charge on any atom is -0.312 e. The summed E-state index contributed by atoms with van der Waals surface area (Å²) in [6.45, 7) is 6.36. The van der Waals surface area contributed by atoms with Crippen molar-refractivity contribution in [3.63, 3.8) is 0 Å². The van der Waals surface area contributed by atoms with Crippen LogP contribution in [-0.2, 0) is 25.8 Å². The van der Waals surface area contributed by atoms with Gasteiger partial charge < -0.3 is 5.32 Å². The summed E-state index contributed by atoms with van der Waals surface area (Å²) in [4.78, 5) is 6.27. The number of nitrogens with one attached hydrogen (secondary N) is 1. The van der Waals surface area contributed by atoms with E-state index in [1.54, 1.807) is 0 Å². The molecule has 1 heterocycles. The Morgan fingerprint density at radius 2 is 1.85 bits per heavy atom. The molecule has 0 unspecified atom stereocenters. The van der Waals surface area contributed by atoms with Crippen LogP contribution in [0.15, 0.2) is 30.3 Å². The summed E-state index contributed by atoms with van der Waals surface area (Å²) in [6, 6.07) is 10.7. The second-order valence-corrected chi connectivity index (χ2v) is 6.16. The van der Waals surface area contributed by atoms with E-state index >= 15 is 0 Å². The van der Waals surface area contributed by atoms with Crippen molar-refractivity contribution in [3.05, 3.63) is 51.5 Å². The molecule has 2 nitrogen and oxygen atoms in total. The highest BCUT2D eigenvalue weighted by Gasteiger charge is 2.10. The van der Waals surface area contributed by atoms with Crippen molar-refractivity contribution in [2.75, 3.05) is 6.54 Å². The standard InChI is InChI=1S/C17H24N2S/c1-3-8-15-16(13-18-4-2)20-17(19-15)12-11-14-9-6-5-7-10-14/h5-7,9-10,18H,3-4,8,11-13H2,1-2H3. The summed E-state index contributed by atoms with van der Waals surface area (Å²) in [6.07, 6.45) is 4.40. The van der Waals surface area contributed by atoms with E-state index in [1.165, 1.54) is 27.6 Å². The van der Waals surface area contributed by atoms with Gasteiger partial charge in [0.1, 0.15) is 0 Å². The smallest absolute Gasteiger partial charge is 0.0934 e. The van der Waals surface area contributed by atoms with E-state index in [-0.39, 0.29) is 0 Å². The maximum absolute atomic E-state index is 4.85. The molecular formula is C17H24N2S. The zero-order chi connectivity index (χ0) is 14.2. The molecule has 0 aliphatic rings. The SMILES string of the molecule is CCCc1nc(CCc2ccccc2)sc1CNCC. The fourth-order valence-corrected chi connectivity index (χ4v) is 3.33. The number of nitrogens with zero attached hydrogens (tertiary/aromatic N) is 1. The molecule has 0 spiro atoms. The van der Waals surface area contributed by atoms with Gasteiger partial charge in [0.2, 0.25) is 0 Å². The van der Waals surface area contributed by atoms with E-state index in [4.69, 9.17) is 4.98 Å². The predicted molar refractivity (Wildman–Crippen MR) is 87.3 cm³/mol. The Morgan fingerprint density at radius 1 is 1.05 bits per heavy atom. The number of aromatic nitrogens is 1. The van der Waals surface area contributed by atoms with Crippen molar-refractivity contribution in [2.24, 2.45) is 0 Å². The summed E-state index contributed by atoms with van der Waals surface area (Å²) < 4.78 is 0. The van der Waals surface area contributed by atoms with Crippen LogP contribution >= 0.6 is 11.3 Å². The van der Waals surface area contributed by atoms with Gasteiger partial charge in [0.25, 0.3) is 0 Å². The number of thiazole rings is 1. The lowest BCUT2D eigenvalue weighted by atomic mass is 10.1. The fourth-order valence-electron chi connectivity index (χ4n) is 2.25. The van der Waals surface area contributed by atoms with Crippen LogP contribution < -0.4 is 5.32 Å². The third-order valence-corrected chi connectivity index (χ3v) is 4.47. The molecule has 0 amide bonds. The minimum absolute atomic E-state index is 0.967. The molecule has 2 aromatic rings. The van der Waals surface area contributed by atoms with Gasteiger partial charge in [0.15, 0.2) is 0 Å². The highest BCUT2D eigenvalue weighted by molar-refractivity contribution is 7.11. The Morgan fingerprint density at radius 3 is 2.55 bits per heavy atom. The normalized spacial score (nSPS) is 10.9. The maximum Gasteiger partial charge on any atom is 0.0934 e. The lowest BCUT2D eigenvalue weighted by Crippen LogP contribution is -2.11. The van der Waals surface area contributed by atoms with Crippen LogP contribution in [0, 0.1) is 0 Å². The molecule has 108 valence electrons. The molecule has 0 atom stereocenters. The lowest BCUT2D eigenvalue weighted by Gasteiger charge is -2.00. The van der Waals surface area contributed by atoms with Gasteiger partial charge in [-0.3, -0.25) is 0 Å². The fraction of sp³-hybridized carbons (Fsp3) is 0.471. The first-order valence-electron chi connectivity index (χ1n) is 7.55. The van der Waals surface area contributed by atoms with Crippen LogP contribution in [0.25, 0.3) is 0 Å². The molecule has 0 saturated carbocycles. The summed E-state index contributed by atoms with van der Waals surface area (Å²) in [5, 5.41) is 4.70. The van der Waals surface area contributed by atoms with Gasteiger partial charge in [-0.25, -0.2) is 4.98 Å². The molecule has 3 heteroatoms. The van der Waals surface area contributed by atoms with Crippen LogP contribution in [0.3, 0.4) is 0 Å². The lowest BCUT2D eigenvalue weighted by molar-refractivity contribution is 0.722. The molecular weight excluding hydrogens is 264 g/mol. The van der Waals surface area contributed by atoms with Gasteiger partial charge in [-0.1, -0.05) is 50.6 Å². The first-order valence-corrected chi connectivity index (χ1v) is 8.37. The maximum atomic E-state index is 4.85. The first kappa shape index (κ1) is 15.2. The largest absolute Gasteiger partial charge is 0.312 e. The van der Waals surface area contributed by atoms with Crippen LogP contribution in [0.1, 0.15) is 41.4 Å². The molecule has 0 aliphatic carbocycles. The highest BCUT2D eigenvalue weighted by Crippen LogP contribution is 2.21. The molecule has 0 bridgehead atoms.